The maximum absolute atomic E-state index is 10.2. The number of nitrogens with two attached hydrogens (primary N) is 1. The van der Waals surface area contributed by atoms with Crippen molar-refractivity contribution in [2.75, 3.05) is 12.3 Å². The van der Waals surface area contributed by atoms with E-state index in [1.165, 1.54) is 0 Å². The lowest BCUT2D eigenvalue weighted by Gasteiger charge is -2.17. The summed E-state index contributed by atoms with van der Waals surface area (Å²) in [6, 6.07) is 8.93. The van der Waals surface area contributed by atoms with Crippen molar-refractivity contribution in [3.8, 4) is 5.75 Å². The molecule has 142 valence electrons. The molecule has 8 heteroatoms. The molecule has 3 aromatic rings. The van der Waals surface area contributed by atoms with Gasteiger partial charge < -0.3 is 26.2 Å². The SMILES string of the molecule is CC(Cc1c[nH]c2ccc(O)cc12)NCC(O)c1ccc(N)nc1.Cl.Cl. The van der Waals surface area contributed by atoms with Crippen molar-refractivity contribution in [3.63, 3.8) is 0 Å². The molecule has 0 radical (unpaired) electrons. The molecule has 3 rings (SSSR count). The van der Waals surface area contributed by atoms with E-state index in [1.807, 2.05) is 12.3 Å². The summed E-state index contributed by atoms with van der Waals surface area (Å²) in [5.74, 6) is 0.699. The number of pyridine rings is 1. The standard InChI is InChI=1S/C18H22N4O2.2ClH/c1-11(20-10-17(24)12-2-5-18(19)22-8-12)6-13-9-21-16-4-3-14(23)7-15(13)16;;/h2-5,7-9,11,17,20-21,23-24H,6,10H2,1H3,(H2,19,22);2*1H. The van der Waals surface area contributed by atoms with Gasteiger partial charge in [0.05, 0.1) is 6.10 Å². The van der Waals surface area contributed by atoms with E-state index >= 15 is 0 Å². The van der Waals surface area contributed by atoms with Crippen LogP contribution in [0.4, 0.5) is 5.82 Å². The summed E-state index contributed by atoms with van der Waals surface area (Å²) in [4.78, 5) is 7.20. The van der Waals surface area contributed by atoms with Crippen LogP contribution in [0, 0.1) is 0 Å². The Morgan fingerprint density at radius 3 is 2.69 bits per heavy atom. The van der Waals surface area contributed by atoms with Crippen LogP contribution in [-0.4, -0.2) is 32.8 Å². The quantitative estimate of drug-likeness (QED) is 0.438. The summed E-state index contributed by atoms with van der Waals surface area (Å²) in [6.45, 7) is 2.50. The average molecular weight is 399 g/mol. The first-order valence-electron chi connectivity index (χ1n) is 7.95. The molecule has 0 aliphatic heterocycles. The van der Waals surface area contributed by atoms with Crippen molar-refractivity contribution in [1.29, 1.82) is 0 Å². The van der Waals surface area contributed by atoms with E-state index in [9.17, 15) is 10.2 Å². The highest BCUT2D eigenvalue weighted by molar-refractivity contribution is 5.86. The Morgan fingerprint density at radius 2 is 2.00 bits per heavy atom. The zero-order valence-corrected chi connectivity index (χ0v) is 16.0. The molecule has 0 saturated carbocycles. The smallest absolute Gasteiger partial charge is 0.123 e. The zero-order chi connectivity index (χ0) is 17.1. The molecule has 0 aliphatic carbocycles. The van der Waals surface area contributed by atoms with Gasteiger partial charge in [-0.15, -0.1) is 24.8 Å². The highest BCUT2D eigenvalue weighted by Gasteiger charge is 2.12. The largest absolute Gasteiger partial charge is 0.508 e. The molecule has 2 atom stereocenters. The Kier molecular flexibility index (Phi) is 8.17. The summed E-state index contributed by atoms with van der Waals surface area (Å²) in [5, 5.41) is 24.2. The Labute approximate surface area is 164 Å². The number of fused-ring (bicyclic) bond motifs is 1. The van der Waals surface area contributed by atoms with Crippen LogP contribution in [0.1, 0.15) is 24.2 Å². The summed E-state index contributed by atoms with van der Waals surface area (Å²) >= 11 is 0. The number of aromatic amines is 1. The Hall–Kier alpha value is -1.99. The number of benzene rings is 1. The fourth-order valence-electron chi connectivity index (χ4n) is 2.78. The van der Waals surface area contributed by atoms with Crippen LogP contribution in [0.2, 0.25) is 0 Å². The fraction of sp³-hybridized carbons (Fsp3) is 0.278. The number of rotatable bonds is 6. The predicted octanol–water partition coefficient (Wildman–Crippen LogP) is 2.95. The van der Waals surface area contributed by atoms with Crippen LogP contribution in [0.25, 0.3) is 10.9 Å². The highest BCUT2D eigenvalue weighted by atomic mass is 35.5. The van der Waals surface area contributed by atoms with Crippen LogP contribution in [-0.2, 0) is 6.42 Å². The first-order valence-corrected chi connectivity index (χ1v) is 7.95. The van der Waals surface area contributed by atoms with Gasteiger partial charge in [-0.1, -0.05) is 6.07 Å². The first kappa shape index (κ1) is 22.1. The summed E-state index contributed by atoms with van der Waals surface area (Å²) in [6.07, 6.45) is 3.71. The van der Waals surface area contributed by atoms with E-state index < -0.39 is 6.10 Å². The minimum atomic E-state index is -0.632. The number of nitrogens with one attached hydrogen (secondary N) is 2. The number of aliphatic hydroxyl groups excluding tert-OH is 1. The number of aromatic nitrogens is 2. The van der Waals surface area contributed by atoms with Crippen LogP contribution in [0.5, 0.6) is 5.75 Å². The Bertz CT molecular complexity index is 824. The fourth-order valence-corrected chi connectivity index (χ4v) is 2.78. The lowest BCUT2D eigenvalue weighted by Crippen LogP contribution is -2.32. The normalized spacial score (nSPS) is 12.8. The molecule has 6 N–H and O–H groups in total. The van der Waals surface area contributed by atoms with Crippen molar-refractivity contribution in [2.24, 2.45) is 0 Å². The molecule has 2 unspecified atom stereocenters. The Morgan fingerprint density at radius 1 is 1.23 bits per heavy atom. The Balaban J connectivity index is 0.00000169. The molecule has 2 aromatic heterocycles. The number of halogens is 2. The summed E-state index contributed by atoms with van der Waals surface area (Å²) in [5.41, 5.74) is 8.42. The van der Waals surface area contributed by atoms with Crippen LogP contribution < -0.4 is 11.1 Å². The lowest BCUT2D eigenvalue weighted by molar-refractivity contribution is 0.170. The third-order valence-corrected chi connectivity index (χ3v) is 4.13. The molecular weight excluding hydrogens is 375 g/mol. The van der Waals surface area contributed by atoms with Gasteiger partial charge in [0.25, 0.3) is 0 Å². The topological polar surface area (TPSA) is 107 Å². The summed E-state index contributed by atoms with van der Waals surface area (Å²) in [7, 11) is 0. The zero-order valence-electron chi connectivity index (χ0n) is 14.3. The van der Waals surface area contributed by atoms with E-state index in [4.69, 9.17) is 5.73 Å². The van der Waals surface area contributed by atoms with Gasteiger partial charge in [0.2, 0.25) is 0 Å². The van der Waals surface area contributed by atoms with Crippen molar-refractivity contribution >= 4 is 41.5 Å². The van der Waals surface area contributed by atoms with Gasteiger partial charge in [-0.05, 0) is 43.2 Å². The second kappa shape index (κ2) is 9.64. The molecule has 0 amide bonds. The maximum atomic E-state index is 10.2. The first-order chi connectivity index (χ1) is 11.5. The molecule has 0 bridgehead atoms. The number of aromatic hydroxyl groups is 1. The predicted molar refractivity (Wildman–Crippen MR) is 109 cm³/mol. The summed E-state index contributed by atoms with van der Waals surface area (Å²) < 4.78 is 0. The number of phenolic OH excluding ortho intramolecular Hbond substituents is 1. The number of nitrogen functional groups attached to an aromatic ring is 1. The van der Waals surface area contributed by atoms with E-state index in [1.54, 1.807) is 30.5 Å². The minimum absolute atomic E-state index is 0. The molecule has 0 fully saturated rings. The van der Waals surface area contributed by atoms with Gasteiger partial charge in [-0.25, -0.2) is 4.98 Å². The van der Waals surface area contributed by atoms with E-state index in [2.05, 4.69) is 22.2 Å². The molecule has 2 heterocycles. The monoisotopic (exact) mass is 398 g/mol. The van der Waals surface area contributed by atoms with Gasteiger partial charge in [0, 0.05) is 41.4 Å². The number of anilines is 1. The van der Waals surface area contributed by atoms with E-state index in [0.29, 0.717) is 12.4 Å². The lowest BCUT2D eigenvalue weighted by atomic mass is 10.1. The van der Waals surface area contributed by atoms with Gasteiger partial charge in [-0.2, -0.15) is 0 Å². The number of nitrogens with zero attached hydrogens (tertiary/aromatic N) is 1. The van der Waals surface area contributed by atoms with Crippen molar-refractivity contribution in [2.45, 2.75) is 25.5 Å². The maximum Gasteiger partial charge on any atom is 0.123 e. The van der Waals surface area contributed by atoms with Gasteiger partial charge in [-0.3, -0.25) is 0 Å². The highest BCUT2D eigenvalue weighted by Crippen LogP contribution is 2.24. The number of aliphatic hydroxyl groups is 1. The van der Waals surface area contributed by atoms with Crippen LogP contribution in [0.3, 0.4) is 0 Å². The number of H-pyrrole nitrogens is 1. The number of hydrogen-bond donors (Lipinski definition) is 5. The van der Waals surface area contributed by atoms with E-state index in [0.717, 1.165) is 28.5 Å². The number of hydrogen-bond acceptors (Lipinski definition) is 5. The molecule has 1 aromatic carbocycles. The van der Waals surface area contributed by atoms with Crippen molar-refractivity contribution < 1.29 is 10.2 Å². The van der Waals surface area contributed by atoms with E-state index in [-0.39, 0.29) is 36.6 Å². The third-order valence-electron chi connectivity index (χ3n) is 4.13. The average Bonchev–Trinajstić information content (AvgIpc) is 2.95. The van der Waals surface area contributed by atoms with Gasteiger partial charge in [0.15, 0.2) is 0 Å². The molecule has 26 heavy (non-hydrogen) atoms. The van der Waals surface area contributed by atoms with Crippen LogP contribution >= 0.6 is 24.8 Å². The number of phenols is 1. The second-order valence-electron chi connectivity index (χ2n) is 6.09. The second-order valence-corrected chi connectivity index (χ2v) is 6.09. The van der Waals surface area contributed by atoms with Gasteiger partial charge >= 0.3 is 0 Å². The molecular formula is C18H24Cl2N4O2. The molecule has 6 nitrogen and oxygen atoms in total. The third kappa shape index (κ3) is 5.25. The van der Waals surface area contributed by atoms with Crippen molar-refractivity contribution in [3.05, 3.63) is 53.9 Å². The molecule has 0 saturated heterocycles. The molecule has 0 spiro atoms. The van der Waals surface area contributed by atoms with Crippen LogP contribution in [0.15, 0.2) is 42.7 Å². The van der Waals surface area contributed by atoms with Gasteiger partial charge in [0.1, 0.15) is 11.6 Å². The minimum Gasteiger partial charge on any atom is -0.508 e. The van der Waals surface area contributed by atoms with Crippen molar-refractivity contribution in [1.82, 2.24) is 15.3 Å². The molecule has 0 aliphatic rings.